The van der Waals surface area contributed by atoms with E-state index in [4.69, 9.17) is 15.2 Å². The SMILES string of the molecule is COC(=O)N1c2ccc(C(CN)CNC3CCNCC3)cc2N(C(=O)Oc2cccnc2)C[C@@H]1C. The summed E-state index contributed by atoms with van der Waals surface area (Å²) < 4.78 is 10.6. The predicted molar refractivity (Wildman–Crippen MR) is 134 cm³/mol. The van der Waals surface area contributed by atoms with Crippen molar-refractivity contribution in [3.63, 3.8) is 0 Å². The maximum Gasteiger partial charge on any atom is 0.419 e. The van der Waals surface area contributed by atoms with Gasteiger partial charge in [-0.2, -0.15) is 0 Å². The summed E-state index contributed by atoms with van der Waals surface area (Å²) >= 11 is 0. The van der Waals surface area contributed by atoms with Gasteiger partial charge in [-0.1, -0.05) is 6.07 Å². The van der Waals surface area contributed by atoms with Crippen molar-refractivity contribution in [3.8, 4) is 5.75 Å². The van der Waals surface area contributed by atoms with E-state index in [1.54, 1.807) is 28.1 Å². The first-order valence-corrected chi connectivity index (χ1v) is 12.1. The number of aromatic nitrogens is 1. The number of fused-ring (bicyclic) bond motifs is 1. The second kappa shape index (κ2) is 11.5. The lowest BCUT2D eigenvalue weighted by Gasteiger charge is -2.40. The Morgan fingerprint density at radius 2 is 2.03 bits per heavy atom. The average Bonchev–Trinajstić information content (AvgIpc) is 2.89. The van der Waals surface area contributed by atoms with Gasteiger partial charge in [0.1, 0.15) is 0 Å². The fraction of sp³-hybridized carbons (Fsp3) is 0.480. The van der Waals surface area contributed by atoms with Crippen LogP contribution in [0, 0.1) is 0 Å². The number of carbonyl (C=O) groups excluding carboxylic acids is 2. The van der Waals surface area contributed by atoms with Crippen LogP contribution in [0.2, 0.25) is 0 Å². The van der Waals surface area contributed by atoms with Gasteiger partial charge in [0.2, 0.25) is 0 Å². The number of nitrogens with one attached hydrogen (secondary N) is 2. The first-order chi connectivity index (χ1) is 17.0. The third kappa shape index (κ3) is 5.72. The fourth-order valence-corrected chi connectivity index (χ4v) is 4.68. The molecule has 10 nitrogen and oxygen atoms in total. The molecule has 2 amide bonds. The lowest BCUT2D eigenvalue weighted by atomic mass is 9.95. The van der Waals surface area contributed by atoms with Crippen LogP contribution < -0.4 is 30.9 Å². The predicted octanol–water partition coefficient (Wildman–Crippen LogP) is 2.45. The highest BCUT2D eigenvalue weighted by atomic mass is 16.6. The van der Waals surface area contributed by atoms with Crippen LogP contribution in [0.25, 0.3) is 0 Å². The van der Waals surface area contributed by atoms with Gasteiger partial charge < -0.3 is 25.8 Å². The van der Waals surface area contributed by atoms with Crippen LogP contribution in [0.5, 0.6) is 5.75 Å². The number of anilines is 2. The summed E-state index contributed by atoms with van der Waals surface area (Å²) in [5.41, 5.74) is 8.33. The van der Waals surface area contributed by atoms with Gasteiger partial charge in [-0.15, -0.1) is 0 Å². The molecule has 10 heteroatoms. The van der Waals surface area contributed by atoms with Crippen LogP contribution in [0.3, 0.4) is 0 Å². The van der Waals surface area contributed by atoms with E-state index in [0.717, 1.165) is 38.0 Å². The summed E-state index contributed by atoms with van der Waals surface area (Å²) in [7, 11) is 1.35. The van der Waals surface area contributed by atoms with Gasteiger partial charge in [-0.3, -0.25) is 14.8 Å². The largest absolute Gasteiger partial charge is 0.452 e. The molecule has 2 aromatic rings. The highest BCUT2D eigenvalue weighted by molar-refractivity contribution is 6.01. The molecular formula is C25H34N6O4. The third-order valence-corrected chi connectivity index (χ3v) is 6.62. The van der Waals surface area contributed by atoms with E-state index in [0.29, 0.717) is 29.7 Å². The zero-order chi connectivity index (χ0) is 24.8. The Hall–Kier alpha value is -3.21. The molecule has 1 saturated heterocycles. The highest BCUT2D eigenvalue weighted by Crippen LogP contribution is 2.38. The van der Waals surface area contributed by atoms with E-state index in [-0.39, 0.29) is 18.5 Å². The second-order valence-electron chi connectivity index (χ2n) is 8.97. The van der Waals surface area contributed by atoms with Crippen LogP contribution >= 0.6 is 0 Å². The molecule has 0 spiro atoms. The molecule has 2 atom stereocenters. The summed E-state index contributed by atoms with van der Waals surface area (Å²) in [6.45, 7) is 5.33. The first-order valence-electron chi connectivity index (χ1n) is 12.1. The Kier molecular flexibility index (Phi) is 8.17. The summed E-state index contributed by atoms with van der Waals surface area (Å²) in [6, 6.07) is 9.29. The smallest absolute Gasteiger partial charge is 0.419 e. The van der Waals surface area contributed by atoms with E-state index < -0.39 is 12.2 Å². The Bertz CT molecular complexity index is 1010. The molecule has 188 valence electrons. The van der Waals surface area contributed by atoms with Gasteiger partial charge in [0.05, 0.1) is 37.3 Å². The number of carbonyl (C=O) groups is 2. The zero-order valence-corrected chi connectivity index (χ0v) is 20.3. The van der Waals surface area contributed by atoms with Gasteiger partial charge >= 0.3 is 12.2 Å². The van der Waals surface area contributed by atoms with Gasteiger partial charge in [0.15, 0.2) is 5.75 Å². The van der Waals surface area contributed by atoms with Crippen LogP contribution in [0.15, 0.2) is 42.7 Å². The maximum atomic E-state index is 13.2. The van der Waals surface area contributed by atoms with Crippen molar-refractivity contribution < 1.29 is 19.1 Å². The normalized spacial score (nSPS) is 19.1. The highest BCUT2D eigenvalue weighted by Gasteiger charge is 2.37. The van der Waals surface area contributed by atoms with E-state index in [9.17, 15) is 9.59 Å². The lowest BCUT2D eigenvalue weighted by Crippen LogP contribution is -2.52. The van der Waals surface area contributed by atoms with E-state index in [1.807, 2.05) is 25.1 Å². The molecule has 0 saturated carbocycles. The lowest BCUT2D eigenvalue weighted by molar-refractivity contribution is 0.175. The number of pyridine rings is 1. The summed E-state index contributed by atoms with van der Waals surface area (Å²) in [5.74, 6) is 0.404. The number of piperidine rings is 1. The first kappa shape index (κ1) is 24.9. The van der Waals surface area contributed by atoms with Crippen molar-refractivity contribution in [1.29, 1.82) is 0 Å². The van der Waals surface area contributed by atoms with E-state index >= 15 is 0 Å². The fourth-order valence-electron chi connectivity index (χ4n) is 4.68. The van der Waals surface area contributed by atoms with Crippen molar-refractivity contribution in [2.24, 2.45) is 5.73 Å². The number of methoxy groups -OCH3 is 1. The number of rotatable bonds is 6. The van der Waals surface area contributed by atoms with Crippen molar-refractivity contribution in [2.45, 2.75) is 37.8 Å². The molecule has 1 fully saturated rings. The van der Waals surface area contributed by atoms with Crippen LogP contribution in [0.4, 0.5) is 21.0 Å². The molecule has 0 radical (unpaired) electrons. The van der Waals surface area contributed by atoms with Crippen molar-refractivity contribution in [1.82, 2.24) is 15.6 Å². The minimum absolute atomic E-state index is 0.0531. The zero-order valence-electron chi connectivity index (χ0n) is 20.3. The monoisotopic (exact) mass is 482 g/mol. The van der Waals surface area contributed by atoms with Crippen LogP contribution in [-0.2, 0) is 4.74 Å². The summed E-state index contributed by atoms with van der Waals surface area (Å²) in [4.78, 5) is 32.9. The van der Waals surface area contributed by atoms with Crippen LogP contribution in [0.1, 0.15) is 31.2 Å². The van der Waals surface area contributed by atoms with E-state index in [1.165, 1.54) is 13.3 Å². The minimum atomic E-state index is -0.537. The average molecular weight is 483 g/mol. The van der Waals surface area contributed by atoms with Crippen molar-refractivity contribution in [3.05, 3.63) is 48.3 Å². The van der Waals surface area contributed by atoms with Crippen molar-refractivity contribution in [2.75, 3.05) is 49.6 Å². The summed E-state index contributed by atoms with van der Waals surface area (Å²) in [5, 5.41) is 7.02. The molecule has 2 aliphatic heterocycles. The molecule has 3 heterocycles. The molecule has 0 aliphatic carbocycles. The maximum absolute atomic E-state index is 13.2. The number of ether oxygens (including phenoxy) is 2. The Morgan fingerprint density at radius 1 is 1.23 bits per heavy atom. The van der Waals surface area contributed by atoms with Gasteiger partial charge in [-0.05, 0) is 62.7 Å². The third-order valence-electron chi connectivity index (χ3n) is 6.62. The number of hydrogen-bond acceptors (Lipinski definition) is 8. The molecule has 4 N–H and O–H groups in total. The number of nitrogens with zero attached hydrogens (tertiary/aromatic N) is 3. The summed E-state index contributed by atoms with van der Waals surface area (Å²) in [6.07, 6.45) is 4.25. The second-order valence-corrected chi connectivity index (χ2v) is 8.97. The molecule has 1 aromatic heterocycles. The topological polar surface area (TPSA) is 122 Å². The molecule has 35 heavy (non-hydrogen) atoms. The Labute approximate surface area is 205 Å². The van der Waals surface area contributed by atoms with E-state index in [2.05, 4.69) is 15.6 Å². The molecule has 4 rings (SSSR count). The Balaban J connectivity index is 1.62. The van der Waals surface area contributed by atoms with Gasteiger partial charge in [0, 0.05) is 31.2 Å². The van der Waals surface area contributed by atoms with Crippen LogP contribution in [-0.4, -0.2) is 69.1 Å². The van der Waals surface area contributed by atoms with Gasteiger partial charge in [0.25, 0.3) is 0 Å². The minimum Gasteiger partial charge on any atom is -0.452 e. The molecule has 1 unspecified atom stereocenters. The quantitative estimate of drug-likeness (QED) is 0.574. The number of benzene rings is 1. The molecular weight excluding hydrogens is 448 g/mol. The molecule has 1 aromatic carbocycles. The molecule has 2 aliphatic rings. The standard InChI is InChI=1S/C25H34N6O4/c1-17-16-30(24(32)35-21-4-3-9-28-15-21)23-12-18(5-6-22(23)31(17)25(33)34-2)19(13-26)14-29-20-7-10-27-11-8-20/h3-6,9,12,15,17,19-20,27,29H,7-8,10-11,13-14,16,26H2,1-2H3/t17-,19?/m0/s1. The number of hydrogen-bond donors (Lipinski definition) is 3. The van der Waals surface area contributed by atoms with Crippen molar-refractivity contribution >= 4 is 23.6 Å². The number of nitrogens with two attached hydrogens (primary N) is 1. The number of amides is 2. The molecule has 0 bridgehead atoms. The Morgan fingerprint density at radius 3 is 2.71 bits per heavy atom. The van der Waals surface area contributed by atoms with Gasteiger partial charge in [-0.25, -0.2) is 9.59 Å².